The summed E-state index contributed by atoms with van der Waals surface area (Å²) in [6, 6.07) is 0. The molecule has 1 aliphatic heterocycles. The van der Waals surface area contributed by atoms with E-state index in [1.807, 2.05) is 0 Å². The number of aliphatic hydroxyl groups excluding tert-OH is 4. The maximum Gasteiger partial charge on any atom is 0.405 e. The maximum absolute atomic E-state index is 14.1. The normalized spacial score (nSPS) is 32.6. The van der Waals surface area contributed by atoms with E-state index in [4.69, 9.17) is 13.8 Å². The number of aromatic nitrogens is 2. The molecular weight excluding hydrogens is 974 g/mol. The van der Waals surface area contributed by atoms with Crippen molar-refractivity contribution in [1.29, 1.82) is 0 Å². The Morgan fingerprint density at radius 1 is 0.800 bits per heavy atom. The van der Waals surface area contributed by atoms with Gasteiger partial charge in [0, 0.05) is 37.7 Å². The molecule has 1 amide bonds. The van der Waals surface area contributed by atoms with Gasteiger partial charge >= 0.3 is 13.4 Å². The van der Waals surface area contributed by atoms with Gasteiger partial charge in [-0.2, -0.15) is 0 Å². The first kappa shape index (κ1) is 62.2. The van der Waals surface area contributed by atoms with Gasteiger partial charge in [-0.15, -0.1) is 0 Å². The van der Waals surface area contributed by atoms with E-state index in [0.29, 0.717) is 62.8 Å². The zero-order valence-electron chi connectivity index (χ0n) is 47.1. The minimum atomic E-state index is -3.80. The molecule has 2 heterocycles. The zero-order chi connectivity index (χ0) is 54.0. The van der Waals surface area contributed by atoms with Crippen LogP contribution in [0, 0.1) is 53.3 Å². The van der Waals surface area contributed by atoms with Crippen molar-refractivity contribution in [3.05, 3.63) is 32.6 Å². The van der Waals surface area contributed by atoms with Crippen molar-refractivity contribution < 1.29 is 43.6 Å². The van der Waals surface area contributed by atoms with Gasteiger partial charge in [0.05, 0.1) is 37.6 Å². The van der Waals surface area contributed by atoms with E-state index >= 15 is 0 Å². The third-order valence-corrected chi connectivity index (χ3v) is 21.0. The van der Waals surface area contributed by atoms with E-state index in [9.17, 15) is 39.4 Å². The Kier molecular flexibility index (Phi) is 25.4. The van der Waals surface area contributed by atoms with Crippen molar-refractivity contribution in [1.82, 2.24) is 25.3 Å². The molecule has 15 atom stereocenters. The lowest BCUT2D eigenvalue weighted by atomic mass is 9.43. The molecule has 0 spiro atoms. The summed E-state index contributed by atoms with van der Waals surface area (Å²) in [5.74, 6) is 1.61. The Bertz CT molecular complexity index is 2020. The second-order valence-corrected chi connectivity index (χ2v) is 26.4. The highest BCUT2D eigenvalue weighted by atomic mass is 31.2. The van der Waals surface area contributed by atoms with E-state index in [1.165, 1.54) is 94.2 Å². The molecule has 0 bridgehead atoms. The number of amides is 1. The van der Waals surface area contributed by atoms with Crippen molar-refractivity contribution in [3.63, 3.8) is 0 Å². The number of aryl methyl sites for hydroxylation is 1. The number of nitrogens with one attached hydrogen (secondary N) is 4. The van der Waals surface area contributed by atoms with Crippen molar-refractivity contribution in [2.24, 2.45) is 46.3 Å². The van der Waals surface area contributed by atoms with Gasteiger partial charge in [-0.1, -0.05) is 124 Å². The first-order chi connectivity index (χ1) is 36.0. The summed E-state index contributed by atoms with van der Waals surface area (Å²) in [6.07, 6.45) is 26.3. The number of ether oxygens (including phenoxy) is 1. The average Bonchev–Trinajstić information content (AvgIpc) is 3.95. The summed E-state index contributed by atoms with van der Waals surface area (Å²) in [4.78, 5) is 39.8. The molecule has 1 aromatic heterocycles. The van der Waals surface area contributed by atoms with Gasteiger partial charge < -0.3 is 35.8 Å². The second kappa shape index (κ2) is 30.6. The van der Waals surface area contributed by atoms with Crippen LogP contribution in [0.25, 0.3) is 0 Å². The smallest absolute Gasteiger partial charge is 0.393 e. The molecule has 4 saturated carbocycles. The van der Waals surface area contributed by atoms with Crippen LogP contribution in [-0.2, 0) is 23.1 Å². The monoisotopic (exact) mass is 1080 g/mol. The average molecular weight is 1080 g/mol. The van der Waals surface area contributed by atoms with Gasteiger partial charge in [-0.25, -0.2) is 14.4 Å². The molecule has 4 aliphatic carbocycles. The summed E-state index contributed by atoms with van der Waals surface area (Å²) in [5, 5.41) is 54.4. The lowest BCUT2D eigenvalue weighted by molar-refractivity contribution is -0.207. The van der Waals surface area contributed by atoms with Crippen LogP contribution in [0.1, 0.15) is 219 Å². The molecule has 75 heavy (non-hydrogen) atoms. The second-order valence-electron chi connectivity index (χ2n) is 24.6. The van der Waals surface area contributed by atoms with Crippen LogP contribution >= 0.6 is 7.75 Å². The molecular formula is C58H104N5O11P. The molecule has 1 saturated heterocycles. The SMILES string of the molecule is CCCCCCCCCCCCCCCCCCOP(=O)(NCCCNCCCNC(=O)CCC(C)[C@H]1CC[C@H]2[C@@H]3[C@H](O)C[C@@H]4C[C@H](O)CC[C@]4(C)[C@H]3C[C@H](O)[C@]12C)OC[C@H]1O[C@@H](n2cc(C)c(=O)[nH]c2=O)C[C@@H]1O. The fourth-order valence-electron chi connectivity index (χ4n) is 14.7. The molecule has 0 radical (unpaired) electrons. The van der Waals surface area contributed by atoms with Gasteiger partial charge in [0.2, 0.25) is 5.91 Å². The van der Waals surface area contributed by atoms with Gasteiger partial charge in [0.25, 0.3) is 5.56 Å². The quantitative estimate of drug-likeness (QED) is 0.0234. The van der Waals surface area contributed by atoms with Crippen LogP contribution in [-0.4, -0.2) is 106 Å². The van der Waals surface area contributed by atoms with Gasteiger partial charge in [-0.3, -0.25) is 28.2 Å². The van der Waals surface area contributed by atoms with Crippen LogP contribution in [0.4, 0.5) is 0 Å². The van der Waals surface area contributed by atoms with Crippen molar-refractivity contribution in [2.75, 3.05) is 39.4 Å². The number of rotatable bonds is 35. The number of hydrogen-bond acceptors (Lipinski definition) is 12. The zero-order valence-corrected chi connectivity index (χ0v) is 48.0. The summed E-state index contributed by atoms with van der Waals surface area (Å²) < 4.78 is 33.1. The standard InChI is InChI=1S/C58H104N5O11P/c1-6-7-8-9-10-11-12-13-14-15-16-17-18-19-20-21-34-72-75(71,73-40-50-48(65)38-53(74-50)63-39-42(3)55(69)62-56(63)70)61-33-23-31-59-30-22-32-60-52(68)27-24-41(2)45-25-26-46-54-47(37-51(67)58(45,46)5)57(4)29-28-44(64)35-43(57)36-49(54)66/h39,41,43-51,53-54,59,64-67H,6-38,40H2,1-5H3,(H,60,68)(H,61,71)(H,62,69,70)/t41?,43-,44+,45+,46-,47-,48-,49+,50+,51-,53+,54-,57-,58+,75?/m0/s1. The van der Waals surface area contributed by atoms with Crippen LogP contribution in [0.2, 0.25) is 0 Å². The highest BCUT2D eigenvalue weighted by molar-refractivity contribution is 7.51. The minimum Gasteiger partial charge on any atom is -0.393 e. The van der Waals surface area contributed by atoms with E-state index in [0.717, 1.165) is 70.6 Å². The lowest BCUT2D eigenvalue weighted by Gasteiger charge is -2.63. The minimum absolute atomic E-state index is 0.0398. The summed E-state index contributed by atoms with van der Waals surface area (Å²) in [5.41, 5.74) is -1.02. The summed E-state index contributed by atoms with van der Waals surface area (Å²) in [7, 11) is -3.80. The van der Waals surface area contributed by atoms with Gasteiger partial charge in [0.1, 0.15) is 12.3 Å². The number of hydrogen-bond donors (Lipinski definition) is 8. The fraction of sp³-hybridized carbons (Fsp3) is 0.914. The number of carbonyl (C=O) groups is 1. The van der Waals surface area contributed by atoms with Crippen molar-refractivity contribution in [2.45, 2.75) is 251 Å². The molecule has 5 fully saturated rings. The Morgan fingerprint density at radius 2 is 1.44 bits per heavy atom. The molecule has 17 heteroatoms. The number of aliphatic hydroxyl groups is 4. The first-order valence-corrected chi connectivity index (χ1v) is 31.9. The molecule has 0 aromatic carbocycles. The first-order valence-electron chi connectivity index (χ1n) is 30.3. The number of fused-ring (bicyclic) bond motifs is 5. The number of H-pyrrole nitrogens is 1. The number of carbonyl (C=O) groups excluding carboxylic acids is 1. The Balaban J connectivity index is 0.854. The van der Waals surface area contributed by atoms with Crippen LogP contribution in [0.15, 0.2) is 15.8 Å². The molecule has 432 valence electrons. The predicted octanol–water partition coefficient (Wildman–Crippen LogP) is 9.35. The lowest BCUT2D eigenvalue weighted by Crippen LogP contribution is -2.62. The number of aromatic amines is 1. The topological polar surface area (TPSA) is 234 Å². The third-order valence-electron chi connectivity index (χ3n) is 19.4. The van der Waals surface area contributed by atoms with Crippen LogP contribution < -0.4 is 27.0 Å². The van der Waals surface area contributed by atoms with E-state index < -0.39 is 49.6 Å². The molecule has 1 aromatic rings. The van der Waals surface area contributed by atoms with E-state index in [1.54, 1.807) is 6.92 Å². The Hall–Kier alpha value is -1.98. The van der Waals surface area contributed by atoms with Crippen LogP contribution in [0.3, 0.4) is 0 Å². The summed E-state index contributed by atoms with van der Waals surface area (Å²) in [6.45, 7) is 13.0. The number of nitrogens with zero attached hydrogens (tertiary/aromatic N) is 1. The Morgan fingerprint density at radius 3 is 2.11 bits per heavy atom. The highest BCUT2D eigenvalue weighted by Crippen LogP contribution is 2.68. The van der Waals surface area contributed by atoms with Crippen molar-refractivity contribution in [3.8, 4) is 0 Å². The summed E-state index contributed by atoms with van der Waals surface area (Å²) >= 11 is 0. The molecule has 5 aliphatic rings. The fourth-order valence-corrected chi connectivity index (χ4v) is 16.1. The molecule has 8 N–H and O–H groups in total. The van der Waals surface area contributed by atoms with E-state index in [-0.39, 0.29) is 66.1 Å². The van der Waals surface area contributed by atoms with Crippen molar-refractivity contribution >= 4 is 13.7 Å². The third kappa shape index (κ3) is 17.3. The predicted molar refractivity (Wildman–Crippen MR) is 295 cm³/mol. The maximum atomic E-state index is 14.1. The molecule has 6 rings (SSSR count). The van der Waals surface area contributed by atoms with E-state index in [2.05, 4.69) is 48.4 Å². The molecule has 16 nitrogen and oxygen atoms in total. The van der Waals surface area contributed by atoms with Gasteiger partial charge in [0.15, 0.2) is 0 Å². The largest absolute Gasteiger partial charge is 0.405 e. The van der Waals surface area contributed by atoms with Gasteiger partial charge in [-0.05, 0) is 137 Å². The number of unbranched alkanes of at least 4 members (excludes halogenated alkanes) is 15. The Labute approximate surface area is 450 Å². The molecule has 2 unspecified atom stereocenters. The highest BCUT2D eigenvalue weighted by Gasteiger charge is 2.65. The van der Waals surface area contributed by atoms with Crippen LogP contribution in [0.5, 0.6) is 0 Å².